The molecule has 2 atom stereocenters. The number of rotatable bonds is 3. The Balaban J connectivity index is 1.64. The summed E-state index contributed by atoms with van der Waals surface area (Å²) >= 11 is 1.68. The highest BCUT2D eigenvalue weighted by Gasteiger charge is 2.38. The minimum Gasteiger partial charge on any atom is -0.387 e. The van der Waals surface area contributed by atoms with Gasteiger partial charge in [-0.2, -0.15) is 17.0 Å². The third kappa shape index (κ3) is 2.88. The molecule has 0 saturated carbocycles. The average Bonchev–Trinajstić information content (AvgIpc) is 3.18. The van der Waals surface area contributed by atoms with E-state index in [0.29, 0.717) is 24.3 Å². The van der Waals surface area contributed by atoms with Crippen LogP contribution in [0.1, 0.15) is 24.5 Å². The number of nitriles is 1. The number of carbonyl (C=O) groups is 1. The van der Waals surface area contributed by atoms with Crippen LogP contribution in [0.5, 0.6) is 0 Å². The van der Waals surface area contributed by atoms with E-state index in [1.807, 2.05) is 30.3 Å². The third-order valence-electron chi connectivity index (χ3n) is 3.69. The molecule has 0 aromatic heterocycles. The molecule has 1 saturated heterocycles. The van der Waals surface area contributed by atoms with E-state index in [1.54, 1.807) is 11.8 Å². The molecule has 21 heavy (non-hydrogen) atoms. The van der Waals surface area contributed by atoms with Crippen LogP contribution in [0.4, 0.5) is 0 Å². The van der Waals surface area contributed by atoms with Crippen LogP contribution in [-0.2, 0) is 9.63 Å². The number of benzene rings is 1. The molecule has 5 nitrogen and oxygen atoms in total. The van der Waals surface area contributed by atoms with Crippen molar-refractivity contribution in [1.29, 1.82) is 5.26 Å². The number of thioether (sulfide) groups is 1. The quantitative estimate of drug-likeness (QED) is 0.927. The van der Waals surface area contributed by atoms with E-state index >= 15 is 0 Å². The van der Waals surface area contributed by atoms with Gasteiger partial charge >= 0.3 is 0 Å². The summed E-state index contributed by atoms with van der Waals surface area (Å²) in [6.07, 6.45) is 0.892. The first-order chi connectivity index (χ1) is 10.2. The molecule has 1 N–H and O–H groups in total. The van der Waals surface area contributed by atoms with Gasteiger partial charge in [-0.05, 0) is 17.7 Å². The van der Waals surface area contributed by atoms with Crippen molar-refractivity contribution in [2.24, 2.45) is 5.16 Å². The lowest BCUT2D eigenvalue weighted by Crippen LogP contribution is -2.49. The lowest BCUT2D eigenvalue weighted by atomic mass is 9.99. The number of nitrogens with zero attached hydrogens (tertiary/aromatic N) is 2. The largest absolute Gasteiger partial charge is 0.387 e. The monoisotopic (exact) mass is 301 g/mol. The number of nitrogens with one attached hydrogen (secondary N) is 1. The number of carbonyl (C=O) groups excluding carboxylic acids is 1. The van der Waals surface area contributed by atoms with Gasteiger partial charge in [0.1, 0.15) is 11.3 Å². The summed E-state index contributed by atoms with van der Waals surface area (Å²) in [4.78, 5) is 17.6. The zero-order chi connectivity index (χ0) is 14.7. The molecule has 0 spiro atoms. The second kappa shape index (κ2) is 5.78. The minimum absolute atomic E-state index is 0.220. The number of hydrogen-bond acceptors (Lipinski definition) is 5. The van der Waals surface area contributed by atoms with Gasteiger partial charge in [0.15, 0.2) is 6.10 Å². The van der Waals surface area contributed by atoms with Crippen molar-refractivity contribution in [2.75, 3.05) is 11.5 Å². The Bertz CT molecular complexity index is 603. The SMILES string of the molecule is N#C[C@]1(NC(=O)C2=NO[C@H](c3ccccc3)C2)CCSC1. The molecule has 108 valence electrons. The topological polar surface area (TPSA) is 74.5 Å². The van der Waals surface area contributed by atoms with Gasteiger partial charge < -0.3 is 10.2 Å². The van der Waals surface area contributed by atoms with E-state index < -0.39 is 5.54 Å². The molecule has 1 fully saturated rings. The van der Waals surface area contributed by atoms with Crippen LogP contribution in [0.25, 0.3) is 0 Å². The minimum atomic E-state index is -0.755. The van der Waals surface area contributed by atoms with Gasteiger partial charge in [-0.3, -0.25) is 4.79 Å². The van der Waals surface area contributed by atoms with Crippen LogP contribution in [0.2, 0.25) is 0 Å². The second-order valence-corrected chi connectivity index (χ2v) is 6.30. The zero-order valence-corrected chi connectivity index (χ0v) is 12.2. The standard InChI is InChI=1S/C15H15N3O2S/c16-9-15(6-7-21-10-15)17-14(19)12-8-13(20-18-12)11-4-2-1-3-5-11/h1-5,13H,6-8,10H2,(H,17,19)/t13-,15+/m0/s1. The molecular formula is C15H15N3O2S. The Morgan fingerprint density at radius 3 is 2.95 bits per heavy atom. The molecule has 0 aliphatic carbocycles. The van der Waals surface area contributed by atoms with Crippen molar-refractivity contribution < 1.29 is 9.63 Å². The first-order valence-corrected chi connectivity index (χ1v) is 7.97. The molecule has 2 heterocycles. The van der Waals surface area contributed by atoms with Crippen LogP contribution in [0, 0.1) is 11.3 Å². The molecule has 2 aliphatic heterocycles. The first kappa shape index (κ1) is 14.0. The van der Waals surface area contributed by atoms with Crippen molar-refractivity contribution in [1.82, 2.24) is 5.32 Å². The molecule has 1 aromatic rings. The molecule has 1 amide bonds. The van der Waals surface area contributed by atoms with Gasteiger partial charge in [0, 0.05) is 12.2 Å². The fraction of sp³-hybridized carbons (Fsp3) is 0.400. The molecule has 0 radical (unpaired) electrons. The molecule has 0 unspecified atom stereocenters. The Labute approximate surface area is 127 Å². The van der Waals surface area contributed by atoms with Crippen molar-refractivity contribution in [3.8, 4) is 6.07 Å². The van der Waals surface area contributed by atoms with Crippen molar-refractivity contribution >= 4 is 23.4 Å². The molecule has 6 heteroatoms. The highest BCUT2D eigenvalue weighted by atomic mass is 32.2. The van der Waals surface area contributed by atoms with E-state index in [0.717, 1.165) is 11.3 Å². The lowest BCUT2D eigenvalue weighted by molar-refractivity contribution is -0.116. The maximum Gasteiger partial charge on any atom is 0.270 e. The van der Waals surface area contributed by atoms with Gasteiger partial charge in [0.2, 0.25) is 0 Å². The summed E-state index contributed by atoms with van der Waals surface area (Å²) in [5, 5.41) is 16.0. The lowest BCUT2D eigenvalue weighted by Gasteiger charge is -2.20. The van der Waals surface area contributed by atoms with Crippen LogP contribution in [-0.4, -0.2) is 28.7 Å². The summed E-state index contributed by atoms with van der Waals surface area (Å²) in [5.74, 6) is 1.23. The van der Waals surface area contributed by atoms with Crippen LogP contribution >= 0.6 is 11.8 Å². The molecular weight excluding hydrogens is 286 g/mol. The second-order valence-electron chi connectivity index (χ2n) is 5.20. The zero-order valence-electron chi connectivity index (χ0n) is 11.4. The number of hydrogen-bond donors (Lipinski definition) is 1. The normalized spacial score (nSPS) is 27.6. The van der Waals surface area contributed by atoms with Crippen LogP contribution < -0.4 is 5.32 Å². The van der Waals surface area contributed by atoms with Gasteiger partial charge in [-0.25, -0.2) is 0 Å². The van der Waals surface area contributed by atoms with Gasteiger partial charge in [-0.1, -0.05) is 35.5 Å². The van der Waals surface area contributed by atoms with E-state index in [4.69, 9.17) is 4.84 Å². The Kier molecular flexibility index (Phi) is 3.84. The molecule has 1 aromatic carbocycles. The van der Waals surface area contributed by atoms with Crippen molar-refractivity contribution in [3.63, 3.8) is 0 Å². The van der Waals surface area contributed by atoms with E-state index in [-0.39, 0.29) is 12.0 Å². The summed E-state index contributed by atoms with van der Waals surface area (Å²) in [5.41, 5.74) is 0.598. The predicted octanol–water partition coefficient (Wildman–Crippen LogP) is 2.02. The predicted molar refractivity (Wildman–Crippen MR) is 80.7 cm³/mol. The van der Waals surface area contributed by atoms with Gasteiger partial charge in [0.25, 0.3) is 5.91 Å². The van der Waals surface area contributed by atoms with Gasteiger partial charge in [-0.15, -0.1) is 0 Å². The average molecular weight is 301 g/mol. The fourth-order valence-electron chi connectivity index (χ4n) is 2.43. The molecule has 3 rings (SSSR count). The Morgan fingerprint density at radius 2 is 2.29 bits per heavy atom. The highest BCUT2D eigenvalue weighted by molar-refractivity contribution is 7.99. The van der Waals surface area contributed by atoms with E-state index in [2.05, 4.69) is 16.5 Å². The fourth-order valence-corrected chi connectivity index (χ4v) is 3.69. The number of oxime groups is 1. The van der Waals surface area contributed by atoms with E-state index in [9.17, 15) is 10.1 Å². The van der Waals surface area contributed by atoms with E-state index in [1.165, 1.54) is 0 Å². The maximum atomic E-state index is 12.3. The van der Waals surface area contributed by atoms with Gasteiger partial charge in [0.05, 0.1) is 6.07 Å². The van der Waals surface area contributed by atoms with Crippen molar-refractivity contribution in [2.45, 2.75) is 24.5 Å². The summed E-state index contributed by atoms with van der Waals surface area (Å²) in [6.45, 7) is 0. The number of amides is 1. The Morgan fingerprint density at radius 1 is 1.48 bits per heavy atom. The summed E-state index contributed by atoms with van der Waals surface area (Å²) in [7, 11) is 0. The summed E-state index contributed by atoms with van der Waals surface area (Å²) < 4.78 is 0. The first-order valence-electron chi connectivity index (χ1n) is 6.82. The third-order valence-corrected chi connectivity index (χ3v) is 4.88. The summed E-state index contributed by atoms with van der Waals surface area (Å²) in [6, 6.07) is 11.9. The van der Waals surface area contributed by atoms with Crippen LogP contribution in [0.15, 0.2) is 35.5 Å². The maximum absolute atomic E-state index is 12.3. The Hall–Kier alpha value is -2.00. The van der Waals surface area contributed by atoms with Crippen LogP contribution in [0.3, 0.4) is 0 Å². The molecule has 0 bridgehead atoms. The van der Waals surface area contributed by atoms with Crippen molar-refractivity contribution in [3.05, 3.63) is 35.9 Å². The smallest absolute Gasteiger partial charge is 0.270 e. The molecule has 2 aliphatic rings. The highest BCUT2D eigenvalue weighted by Crippen LogP contribution is 2.29.